The molecule has 6 aromatic carbocycles. The van der Waals surface area contributed by atoms with Crippen LogP contribution in [0.4, 0.5) is 0 Å². The molecule has 0 spiro atoms. The molecule has 0 radical (unpaired) electrons. The fourth-order valence-corrected chi connectivity index (χ4v) is 7.50. The maximum atomic E-state index is 4.06. The van der Waals surface area contributed by atoms with Gasteiger partial charge >= 0.3 is 0 Å². The Bertz CT molecular complexity index is 2210. The van der Waals surface area contributed by atoms with Gasteiger partial charge in [0.05, 0.1) is 0 Å². The van der Waals surface area contributed by atoms with E-state index in [1.54, 1.807) is 0 Å². The van der Waals surface area contributed by atoms with Crippen molar-refractivity contribution in [2.45, 2.75) is 47.5 Å². The average Bonchev–Trinajstić information content (AvgIpc) is 3.12. The van der Waals surface area contributed by atoms with E-state index in [2.05, 4.69) is 169 Å². The molecule has 48 heavy (non-hydrogen) atoms. The quantitative estimate of drug-likeness (QED) is 0.105. The summed E-state index contributed by atoms with van der Waals surface area (Å²) in [5.41, 5.74) is 12.6. The van der Waals surface area contributed by atoms with Crippen LogP contribution in [0.2, 0.25) is 0 Å². The number of benzene rings is 6. The number of hydrogen-bond donors (Lipinski definition) is 0. The lowest BCUT2D eigenvalue weighted by Crippen LogP contribution is -2.01. The first kappa shape index (κ1) is 32.7. The van der Waals surface area contributed by atoms with Gasteiger partial charge in [0.2, 0.25) is 0 Å². The van der Waals surface area contributed by atoms with Gasteiger partial charge in [-0.3, -0.25) is 0 Å². The molecule has 6 rings (SSSR count). The Kier molecular flexibility index (Phi) is 9.74. The van der Waals surface area contributed by atoms with Gasteiger partial charge in [-0.25, -0.2) is 0 Å². The fourth-order valence-electron chi connectivity index (χ4n) is 7.50. The number of fused-ring (bicyclic) bond motifs is 3. The third kappa shape index (κ3) is 6.00. The molecule has 0 aliphatic rings. The molecule has 0 aliphatic carbocycles. The van der Waals surface area contributed by atoms with Crippen LogP contribution in [0.3, 0.4) is 0 Å². The van der Waals surface area contributed by atoms with Crippen molar-refractivity contribution in [3.05, 3.63) is 169 Å². The summed E-state index contributed by atoms with van der Waals surface area (Å²) in [6.07, 6.45) is 10.7. The van der Waals surface area contributed by atoms with Gasteiger partial charge in [0.25, 0.3) is 0 Å². The minimum Gasteiger partial charge on any atom is -0.0988 e. The summed E-state index contributed by atoms with van der Waals surface area (Å²) in [6, 6.07) is 40.4. The second kappa shape index (κ2) is 14.3. The Labute approximate surface area is 287 Å². The van der Waals surface area contributed by atoms with Crippen LogP contribution in [0.1, 0.15) is 58.6 Å². The van der Waals surface area contributed by atoms with Crippen LogP contribution in [0, 0.1) is 5.92 Å². The molecule has 0 heterocycles. The Morgan fingerprint density at radius 1 is 0.667 bits per heavy atom. The van der Waals surface area contributed by atoms with E-state index in [0.717, 1.165) is 18.4 Å². The van der Waals surface area contributed by atoms with Crippen LogP contribution in [0.15, 0.2) is 158 Å². The first-order chi connectivity index (χ1) is 23.4. The predicted octanol–water partition coefficient (Wildman–Crippen LogP) is 14.4. The predicted molar refractivity (Wildman–Crippen MR) is 214 cm³/mol. The van der Waals surface area contributed by atoms with Crippen molar-refractivity contribution in [2.75, 3.05) is 0 Å². The molecule has 0 nitrogen and oxygen atoms in total. The van der Waals surface area contributed by atoms with E-state index in [0.29, 0.717) is 5.92 Å². The molecule has 0 bridgehead atoms. The number of rotatable bonds is 10. The van der Waals surface area contributed by atoms with Crippen LogP contribution in [-0.4, -0.2) is 0 Å². The Balaban J connectivity index is 1.67. The zero-order valence-corrected chi connectivity index (χ0v) is 29.1. The SMILES string of the molecule is C=C/C(C)=C\C(=C(/C)c1ccc(-c2c3ccccc3c(-c3cccc(/C(C=C)=C/C)c3)c3ccccc23)c2ccccc12)C(C)CCC. The largest absolute Gasteiger partial charge is 0.0988 e. The van der Waals surface area contributed by atoms with Gasteiger partial charge in [0, 0.05) is 0 Å². The molecular formula is C48H46. The minimum atomic E-state index is 0.456. The van der Waals surface area contributed by atoms with E-state index >= 15 is 0 Å². The average molecular weight is 623 g/mol. The molecule has 0 aromatic heterocycles. The monoisotopic (exact) mass is 622 g/mol. The molecule has 0 aliphatic heterocycles. The maximum absolute atomic E-state index is 4.06. The molecule has 0 saturated carbocycles. The summed E-state index contributed by atoms with van der Waals surface area (Å²) in [4.78, 5) is 0. The third-order valence-electron chi connectivity index (χ3n) is 9.94. The lowest BCUT2D eigenvalue weighted by atomic mass is 9.82. The van der Waals surface area contributed by atoms with Crippen LogP contribution in [-0.2, 0) is 0 Å². The first-order valence-corrected chi connectivity index (χ1v) is 17.3. The summed E-state index contributed by atoms with van der Waals surface area (Å²) < 4.78 is 0. The van der Waals surface area contributed by atoms with Crippen molar-refractivity contribution in [3.8, 4) is 22.3 Å². The van der Waals surface area contributed by atoms with E-state index in [9.17, 15) is 0 Å². The van der Waals surface area contributed by atoms with E-state index in [4.69, 9.17) is 0 Å². The Hall–Kier alpha value is -5.20. The van der Waals surface area contributed by atoms with Crippen LogP contribution in [0.5, 0.6) is 0 Å². The second-order valence-electron chi connectivity index (χ2n) is 12.9. The topological polar surface area (TPSA) is 0 Å². The molecule has 0 amide bonds. The summed E-state index contributed by atoms with van der Waals surface area (Å²) in [6.45, 7) is 19.3. The van der Waals surface area contributed by atoms with Crippen molar-refractivity contribution in [3.63, 3.8) is 0 Å². The van der Waals surface area contributed by atoms with E-state index in [1.165, 1.54) is 82.4 Å². The van der Waals surface area contributed by atoms with E-state index in [1.807, 2.05) is 12.2 Å². The minimum absolute atomic E-state index is 0.456. The summed E-state index contributed by atoms with van der Waals surface area (Å²) in [5, 5.41) is 7.60. The molecule has 0 N–H and O–H groups in total. The van der Waals surface area contributed by atoms with Gasteiger partial charge in [-0.05, 0) is 122 Å². The molecule has 6 aromatic rings. The van der Waals surface area contributed by atoms with E-state index < -0.39 is 0 Å². The highest BCUT2D eigenvalue weighted by atomic mass is 14.2. The molecule has 1 atom stereocenters. The molecule has 0 fully saturated rings. The first-order valence-electron chi connectivity index (χ1n) is 17.3. The normalized spacial score (nSPS) is 13.5. The second-order valence-corrected chi connectivity index (χ2v) is 12.9. The highest BCUT2D eigenvalue weighted by molar-refractivity contribution is 6.24. The van der Waals surface area contributed by atoms with Crippen molar-refractivity contribution in [1.82, 2.24) is 0 Å². The van der Waals surface area contributed by atoms with Gasteiger partial charge in [-0.2, -0.15) is 0 Å². The lowest BCUT2D eigenvalue weighted by molar-refractivity contribution is 0.613. The van der Waals surface area contributed by atoms with Gasteiger partial charge in [0.1, 0.15) is 0 Å². The molecule has 0 saturated heterocycles. The highest BCUT2D eigenvalue weighted by Crippen LogP contribution is 2.46. The fraction of sp³-hybridized carbons (Fsp3) is 0.167. The van der Waals surface area contributed by atoms with Crippen LogP contribution < -0.4 is 0 Å². The van der Waals surface area contributed by atoms with E-state index in [-0.39, 0.29) is 0 Å². The number of allylic oxidation sites excluding steroid dienone is 8. The van der Waals surface area contributed by atoms with Crippen LogP contribution in [0.25, 0.3) is 65.7 Å². The molecule has 238 valence electrons. The van der Waals surface area contributed by atoms with Crippen molar-refractivity contribution < 1.29 is 0 Å². The van der Waals surface area contributed by atoms with Gasteiger partial charge in [-0.1, -0.05) is 166 Å². The van der Waals surface area contributed by atoms with Crippen molar-refractivity contribution in [1.29, 1.82) is 0 Å². The molecular weight excluding hydrogens is 577 g/mol. The Morgan fingerprint density at radius 2 is 1.25 bits per heavy atom. The number of hydrogen-bond acceptors (Lipinski definition) is 0. The standard InChI is InChI=1S/C48H46/c1-8-19-33(6)46(30-32(5)9-2)34(7)38-28-29-45(40-23-13-12-22-39(38)40)48-43-26-16-14-24-41(43)47(42-25-15-17-27-44(42)48)37-21-18-20-36(31-37)35(10-3)11-4/h9-18,20-31,33H,2-3,8,19H2,1,4-7H3/b32-30-,35-11+,46-34-. The summed E-state index contributed by atoms with van der Waals surface area (Å²) in [5.74, 6) is 0.456. The highest BCUT2D eigenvalue weighted by Gasteiger charge is 2.20. The summed E-state index contributed by atoms with van der Waals surface area (Å²) >= 11 is 0. The van der Waals surface area contributed by atoms with Gasteiger partial charge in [-0.15, -0.1) is 0 Å². The van der Waals surface area contributed by atoms with Crippen LogP contribution >= 0.6 is 0 Å². The Morgan fingerprint density at radius 3 is 1.81 bits per heavy atom. The van der Waals surface area contributed by atoms with Crippen molar-refractivity contribution in [2.24, 2.45) is 5.92 Å². The lowest BCUT2D eigenvalue weighted by Gasteiger charge is -2.21. The van der Waals surface area contributed by atoms with Gasteiger partial charge in [0.15, 0.2) is 0 Å². The third-order valence-corrected chi connectivity index (χ3v) is 9.94. The smallest absolute Gasteiger partial charge is 0.00201 e. The summed E-state index contributed by atoms with van der Waals surface area (Å²) in [7, 11) is 0. The van der Waals surface area contributed by atoms with Gasteiger partial charge < -0.3 is 0 Å². The molecule has 0 heteroatoms. The molecule has 1 unspecified atom stereocenters. The van der Waals surface area contributed by atoms with Crippen molar-refractivity contribution >= 4 is 43.5 Å². The zero-order chi connectivity index (χ0) is 33.8. The zero-order valence-electron chi connectivity index (χ0n) is 29.1. The maximum Gasteiger partial charge on any atom is -0.00201 e.